The van der Waals surface area contributed by atoms with E-state index in [9.17, 15) is 9.90 Å². The molecule has 2 N–H and O–H groups in total. The molecule has 0 saturated carbocycles. The highest BCUT2D eigenvalue weighted by Gasteiger charge is 2.09. The first-order valence-electron chi connectivity index (χ1n) is 3.99. The molecule has 4 nitrogen and oxygen atoms in total. The number of phenolic OH excluding ortho intramolecular Hbond substituents is 1. The molecule has 0 aliphatic carbocycles. The number of hydrogen-bond acceptors (Lipinski definition) is 3. The summed E-state index contributed by atoms with van der Waals surface area (Å²) in [5, 5.41) is 26.6. The molecular formula is C10H9NO3. The summed E-state index contributed by atoms with van der Waals surface area (Å²) in [4.78, 5) is 10.5. The van der Waals surface area contributed by atoms with E-state index in [2.05, 4.69) is 0 Å². The van der Waals surface area contributed by atoms with Crippen LogP contribution in [0.4, 0.5) is 0 Å². The number of phenols is 1. The molecule has 14 heavy (non-hydrogen) atoms. The van der Waals surface area contributed by atoms with Crippen LogP contribution in [-0.4, -0.2) is 16.2 Å². The second kappa shape index (κ2) is 3.79. The first-order chi connectivity index (χ1) is 6.54. The average molecular weight is 191 g/mol. The van der Waals surface area contributed by atoms with E-state index in [-0.39, 0.29) is 17.7 Å². The highest BCUT2D eigenvalue weighted by molar-refractivity contribution is 5.71. The number of rotatable bonds is 2. The van der Waals surface area contributed by atoms with Gasteiger partial charge in [0, 0.05) is 0 Å². The van der Waals surface area contributed by atoms with Crippen molar-refractivity contribution >= 4 is 5.97 Å². The number of nitrogens with zero attached hydrogens (tertiary/aromatic N) is 1. The van der Waals surface area contributed by atoms with Gasteiger partial charge >= 0.3 is 5.97 Å². The van der Waals surface area contributed by atoms with Crippen LogP contribution in [0.2, 0.25) is 0 Å². The quantitative estimate of drug-likeness (QED) is 0.735. The van der Waals surface area contributed by atoms with Crippen LogP contribution in [0, 0.1) is 18.3 Å². The molecule has 0 aromatic heterocycles. The number of nitriles is 1. The van der Waals surface area contributed by atoms with Crippen LogP contribution in [0.25, 0.3) is 0 Å². The molecule has 72 valence electrons. The van der Waals surface area contributed by atoms with Gasteiger partial charge in [0.05, 0.1) is 18.1 Å². The first-order valence-corrected chi connectivity index (χ1v) is 3.99. The summed E-state index contributed by atoms with van der Waals surface area (Å²) in [5.41, 5.74) is 1.20. The molecule has 0 radical (unpaired) electrons. The molecule has 0 bridgehead atoms. The molecule has 1 aromatic rings. The van der Waals surface area contributed by atoms with E-state index in [1.54, 1.807) is 6.92 Å². The molecule has 0 aliphatic rings. The van der Waals surface area contributed by atoms with Gasteiger partial charge in [0.15, 0.2) is 0 Å². The summed E-state index contributed by atoms with van der Waals surface area (Å²) >= 11 is 0. The van der Waals surface area contributed by atoms with Gasteiger partial charge in [-0.05, 0) is 24.1 Å². The van der Waals surface area contributed by atoms with Gasteiger partial charge in [-0.25, -0.2) is 0 Å². The molecule has 0 spiro atoms. The number of aryl methyl sites for hydroxylation is 1. The number of benzene rings is 1. The Kier molecular flexibility index (Phi) is 2.73. The van der Waals surface area contributed by atoms with E-state index in [0.29, 0.717) is 11.1 Å². The summed E-state index contributed by atoms with van der Waals surface area (Å²) in [6.45, 7) is 1.65. The fraction of sp³-hybridized carbons (Fsp3) is 0.200. The minimum absolute atomic E-state index is 0.00990. The number of hydrogen-bond donors (Lipinski definition) is 2. The van der Waals surface area contributed by atoms with Crippen molar-refractivity contribution < 1.29 is 15.0 Å². The molecular weight excluding hydrogens is 182 g/mol. The highest BCUT2D eigenvalue weighted by atomic mass is 16.4. The third-order valence-corrected chi connectivity index (χ3v) is 1.88. The minimum atomic E-state index is -0.994. The lowest BCUT2D eigenvalue weighted by Gasteiger charge is -2.04. The SMILES string of the molecule is Cc1cc(CC(=O)O)c(C#N)cc1O. The number of aromatic hydroxyl groups is 1. The normalized spacial score (nSPS) is 9.43. The van der Waals surface area contributed by atoms with Gasteiger partial charge in [-0.1, -0.05) is 6.07 Å². The summed E-state index contributed by atoms with van der Waals surface area (Å²) in [7, 11) is 0. The summed E-state index contributed by atoms with van der Waals surface area (Å²) in [5.74, 6) is -0.984. The first kappa shape index (κ1) is 10.1. The van der Waals surface area contributed by atoms with Crippen LogP contribution in [0.1, 0.15) is 16.7 Å². The lowest BCUT2D eigenvalue weighted by Crippen LogP contribution is -2.02. The molecule has 0 unspecified atom stereocenters. The van der Waals surface area contributed by atoms with Gasteiger partial charge in [-0.2, -0.15) is 5.26 Å². The standard InChI is InChI=1S/C10H9NO3/c1-6-2-7(4-10(13)14)8(5-11)3-9(6)12/h2-3,12H,4H2,1H3,(H,13,14). The van der Waals surface area contributed by atoms with Gasteiger partial charge in [-0.3, -0.25) is 4.79 Å². The second-order valence-corrected chi connectivity index (χ2v) is 2.98. The molecule has 4 heteroatoms. The van der Waals surface area contributed by atoms with E-state index < -0.39 is 5.97 Å². The monoisotopic (exact) mass is 191 g/mol. The zero-order chi connectivity index (χ0) is 10.7. The van der Waals surface area contributed by atoms with Gasteiger partial charge in [0.25, 0.3) is 0 Å². The van der Waals surface area contributed by atoms with Gasteiger partial charge in [0.1, 0.15) is 5.75 Å². The predicted molar refractivity (Wildman–Crippen MR) is 48.9 cm³/mol. The zero-order valence-electron chi connectivity index (χ0n) is 7.61. The van der Waals surface area contributed by atoms with Crippen molar-refractivity contribution in [2.75, 3.05) is 0 Å². The molecule has 0 fully saturated rings. The minimum Gasteiger partial charge on any atom is -0.508 e. The smallest absolute Gasteiger partial charge is 0.307 e. The largest absolute Gasteiger partial charge is 0.508 e. The van der Waals surface area contributed by atoms with E-state index in [4.69, 9.17) is 10.4 Å². The van der Waals surface area contributed by atoms with Crippen molar-refractivity contribution in [3.05, 3.63) is 28.8 Å². The van der Waals surface area contributed by atoms with E-state index >= 15 is 0 Å². The fourth-order valence-electron chi connectivity index (χ4n) is 1.17. The Morgan fingerprint density at radius 2 is 2.21 bits per heavy atom. The Morgan fingerprint density at radius 3 is 2.71 bits per heavy atom. The Hall–Kier alpha value is -2.02. The molecule has 0 atom stereocenters. The maximum absolute atomic E-state index is 10.5. The summed E-state index contributed by atoms with van der Waals surface area (Å²) in [6.07, 6.45) is -0.204. The van der Waals surface area contributed by atoms with Gasteiger partial charge < -0.3 is 10.2 Å². The van der Waals surface area contributed by atoms with Crippen LogP contribution in [0.5, 0.6) is 5.75 Å². The van der Waals surface area contributed by atoms with Gasteiger partial charge in [-0.15, -0.1) is 0 Å². The van der Waals surface area contributed by atoms with Crippen LogP contribution in [0.3, 0.4) is 0 Å². The van der Waals surface area contributed by atoms with Crippen molar-refractivity contribution in [2.45, 2.75) is 13.3 Å². The number of aliphatic carboxylic acids is 1. The predicted octanol–water partition coefficient (Wildman–Crippen LogP) is 1.20. The van der Waals surface area contributed by atoms with Crippen molar-refractivity contribution in [3.63, 3.8) is 0 Å². The maximum atomic E-state index is 10.5. The number of carboxylic acids is 1. The lowest BCUT2D eigenvalue weighted by molar-refractivity contribution is -0.136. The van der Waals surface area contributed by atoms with E-state index in [1.807, 2.05) is 6.07 Å². The summed E-state index contributed by atoms with van der Waals surface area (Å²) < 4.78 is 0. The fourth-order valence-corrected chi connectivity index (χ4v) is 1.17. The van der Waals surface area contributed by atoms with Crippen LogP contribution >= 0.6 is 0 Å². The highest BCUT2D eigenvalue weighted by Crippen LogP contribution is 2.21. The molecule has 0 aliphatic heterocycles. The molecule has 1 rings (SSSR count). The second-order valence-electron chi connectivity index (χ2n) is 2.98. The van der Waals surface area contributed by atoms with Crippen LogP contribution < -0.4 is 0 Å². The molecule has 0 saturated heterocycles. The lowest BCUT2D eigenvalue weighted by atomic mass is 10.0. The third kappa shape index (κ3) is 2.02. The topological polar surface area (TPSA) is 81.3 Å². The summed E-state index contributed by atoms with van der Waals surface area (Å²) in [6, 6.07) is 4.65. The Bertz CT molecular complexity index is 418. The van der Waals surface area contributed by atoms with Crippen molar-refractivity contribution in [2.24, 2.45) is 0 Å². The molecule has 0 amide bonds. The Labute approximate surface area is 81.0 Å². The van der Waals surface area contributed by atoms with E-state index in [1.165, 1.54) is 12.1 Å². The number of carbonyl (C=O) groups is 1. The molecule has 1 aromatic carbocycles. The average Bonchev–Trinajstić information content (AvgIpc) is 2.10. The van der Waals surface area contributed by atoms with Crippen LogP contribution in [0.15, 0.2) is 12.1 Å². The Balaban J connectivity index is 3.22. The van der Waals surface area contributed by atoms with Crippen molar-refractivity contribution in [3.8, 4) is 11.8 Å². The van der Waals surface area contributed by atoms with Crippen LogP contribution in [-0.2, 0) is 11.2 Å². The van der Waals surface area contributed by atoms with Gasteiger partial charge in [0.2, 0.25) is 0 Å². The van der Waals surface area contributed by atoms with Crippen molar-refractivity contribution in [1.29, 1.82) is 5.26 Å². The number of carboxylic acid groups (broad SMARTS) is 1. The van der Waals surface area contributed by atoms with Crippen molar-refractivity contribution in [1.82, 2.24) is 0 Å². The maximum Gasteiger partial charge on any atom is 0.307 e. The zero-order valence-corrected chi connectivity index (χ0v) is 7.61. The van der Waals surface area contributed by atoms with E-state index in [0.717, 1.165) is 0 Å². The third-order valence-electron chi connectivity index (χ3n) is 1.88. The molecule has 0 heterocycles. The Morgan fingerprint density at radius 1 is 1.57 bits per heavy atom.